The Morgan fingerprint density at radius 3 is 2.90 bits per heavy atom. The first-order valence-corrected chi connectivity index (χ1v) is 7.71. The van der Waals surface area contributed by atoms with E-state index in [1.807, 2.05) is 24.3 Å². The van der Waals surface area contributed by atoms with Crippen LogP contribution in [0.4, 0.5) is 4.79 Å². The lowest BCUT2D eigenvalue weighted by atomic mass is 9.99. The van der Waals surface area contributed by atoms with Gasteiger partial charge in [-0.15, -0.1) is 11.8 Å². The van der Waals surface area contributed by atoms with E-state index in [1.165, 1.54) is 0 Å². The van der Waals surface area contributed by atoms with Crippen LogP contribution in [0, 0.1) is 0 Å². The third-order valence-corrected chi connectivity index (χ3v) is 4.97. The van der Waals surface area contributed by atoms with Crippen LogP contribution in [-0.4, -0.2) is 41.6 Å². The van der Waals surface area contributed by atoms with Crippen LogP contribution in [0.2, 0.25) is 0 Å². The van der Waals surface area contributed by atoms with Crippen LogP contribution in [0.25, 0.3) is 0 Å². The van der Waals surface area contributed by atoms with Gasteiger partial charge >= 0.3 is 12.0 Å². The van der Waals surface area contributed by atoms with Crippen LogP contribution < -0.4 is 10.6 Å². The van der Waals surface area contributed by atoms with Crippen LogP contribution in [0.3, 0.4) is 0 Å². The summed E-state index contributed by atoms with van der Waals surface area (Å²) in [5, 5.41) is 14.7. The zero-order valence-corrected chi connectivity index (χ0v) is 12.1. The van der Waals surface area contributed by atoms with Crippen molar-refractivity contribution in [3.05, 3.63) is 29.8 Å². The second-order valence-electron chi connectivity index (χ2n) is 5.19. The molecule has 1 aromatic rings. The van der Waals surface area contributed by atoms with Crippen molar-refractivity contribution < 1.29 is 19.4 Å². The molecule has 0 aliphatic carbocycles. The largest absolute Gasteiger partial charge is 0.479 e. The fourth-order valence-electron chi connectivity index (χ4n) is 2.58. The Balaban J connectivity index is 1.66. The predicted molar refractivity (Wildman–Crippen MR) is 77.4 cm³/mol. The van der Waals surface area contributed by atoms with Crippen molar-refractivity contribution in [3.63, 3.8) is 0 Å². The standard InChI is InChI=1S/C14H16N2O4S/c17-12(18)14(5-6-20-8-14)16-13(19)15-10-7-21-11-4-2-1-3-9(10)11/h1-4,10H,5-8H2,(H,17,18)(H2,15,16,19). The van der Waals surface area contributed by atoms with E-state index in [2.05, 4.69) is 10.6 Å². The van der Waals surface area contributed by atoms with E-state index in [1.54, 1.807) is 11.8 Å². The topological polar surface area (TPSA) is 87.7 Å². The van der Waals surface area contributed by atoms with E-state index in [0.717, 1.165) is 16.2 Å². The highest BCUT2D eigenvalue weighted by atomic mass is 32.2. The molecule has 1 saturated heterocycles. The molecule has 2 aliphatic rings. The maximum absolute atomic E-state index is 12.1. The van der Waals surface area contributed by atoms with Crippen molar-refractivity contribution in [1.29, 1.82) is 0 Å². The average Bonchev–Trinajstić information content (AvgIpc) is 3.08. The van der Waals surface area contributed by atoms with E-state index in [9.17, 15) is 14.7 Å². The van der Waals surface area contributed by atoms with E-state index in [-0.39, 0.29) is 19.1 Å². The van der Waals surface area contributed by atoms with E-state index < -0.39 is 17.5 Å². The fraction of sp³-hybridized carbons (Fsp3) is 0.429. The Labute approximate surface area is 126 Å². The second-order valence-corrected chi connectivity index (χ2v) is 6.25. The van der Waals surface area contributed by atoms with Gasteiger partial charge in [0.1, 0.15) is 0 Å². The van der Waals surface area contributed by atoms with E-state index in [4.69, 9.17) is 4.74 Å². The highest BCUT2D eigenvalue weighted by Gasteiger charge is 2.44. The highest BCUT2D eigenvalue weighted by Crippen LogP contribution is 2.37. The SMILES string of the molecule is O=C(NC1CSc2ccccc21)NC1(C(=O)O)CCOC1. The first-order valence-electron chi connectivity index (χ1n) is 6.72. The van der Waals surface area contributed by atoms with Crippen molar-refractivity contribution in [2.75, 3.05) is 19.0 Å². The number of aliphatic carboxylic acids is 1. The summed E-state index contributed by atoms with van der Waals surface area (Å²) in [6, 6.07) is 7.32. The van der Waals surface area contributed by atoms with Crippen molar-refractivity contribution in [1.82, 2.24) is 10.6 Å². The van der Waals surface area contributed by atoms with Crippen LogP contribution in [-0.2, 0) is 9.53 Å². The van der Waals surface area contributed by atoms with Crippen molar-refractivity contribution >= 4 is 23.8 Å². The molecule has 0 aromatic heterocycles. The van der Waals surface area contributed by atoms with Crippen LogP contribution >= 0.6 is 11.8 Å². The average molecular weight is 308 g/mol. The number of carbonyl (C=O) groups is 2. The molecular weight excluding hydrogens is 292 g/mol. The molecule has 2 heterocycles. The number of fused-ring (bicyclic) bond motifs is 1. The van der Waals surface area contributed by atoms with Gasteiger partial charge in [0.15, 0.2) is 5.54 Å². The molecule has 21 heavy (non-hydrogen) atoms. The number of hydrogen-bond acceptors (Lipinski definition) is 4. The Bertz CT molecular complexity index is 572. The lowest BCUT2D eigenvalue weighted by Crippen LogP contribution is -2.58. The van der Waals surface area contributed by atoms with Gasteiger partial charge in [0.2, 0.25) is 0 Å². The number of rotatable bonds is 3. The zero-order valence-electron chi connectivity index (χ0n) is 11.3. The predicted octanol–water partition coefficient (Wildman–Crippen LogP) is 1.38. The maximum Gasteiger partial charge on any atom is 0.332 e. The molecule has 0 spiro atoms. The minimum absolute atomic E-state index is 0.00571. The summed E-state index contributed by atoms with van der Waals surface area (Å²) in [4.78, 5) is 24.6. The lowest BCUT2D eigenvalue weighted by molar-refractivity contribution is -0.144. The number of urea groups is 1. The maximum atomic E-state index is 12.1. The first-order chi connectivity index (χ1) is 10.1. The minimum Gasteiger partial charge on any atom is -0.479 e. The number of amides is 2. The van der Waals surface area contributed by atoms with Gasteiger partial charge < -0.3 is 20.5 Å². The fourth-order valence-corrected chi connectivity index (χ4v) is 3.74. The molecule has 2 atom stereocenters. The number of benzene rings is 1. The normalized spacial score (nSPS) is 27.1. The zero-order chi connectivity index (χ0) is 14.9. The molecule has 3 N–H and O–H groups in total. The highest BCUT2D eigenvalue weighted by molar-refractivity contribution is 7.99. The van der Waals surface area contributed by atoms with Crippen molar-refractivity contribution in [2.45, 2.75) is 22.9 Å². The smallest absolute Gasteiger partial charge is 0.332 e. The van der Waals surface area contributed by atoms with Crippen molar-refractivity contribution in [2.24, 2.45) is 0 Å². The Kier molecular flexibility index (Phi) is 3.77. The summed E-state index contributed by atoms with van der Waals surface area (Å²) in [5.74, 6) is -0.306. The molecule has 2 aliphatic heterocycles. The number of ether oxygens (including phenoxy) is 1. The first kappa shape index (κ1) is 14.2. The number of carbonyl (C=O) groups excluding carboxylic acids is 1. The van der Waals surface area contributed by atoms with Crippen LogP contribution in [0.1, 0.15) is 18.0 Å². The van der Waals surface area contributed by atoms with Gasteiger partial charge in [-0.2, -0.15) is 0 Å². The Hall–Kier alpha value is -1.73. The number of nitrogens with one attached hydrogen (secondary N) is 2. The molecule has 1 aromatic carbocycles. The summed E-state index contributed by atoms with van der Waals surface area (Å²) in [7, 11) is 0. The molecule has 0 radical (unpaired) electrons. The molecule has 7 heteroatoms. The third kappa shape index (κ3) is 2.71. The minimum atomic E-state index is -1.31. The number of carboxylic acid groups (broad SMARTS) is 1. The molecule has 3 rings (SSSR count). The molecule has 6 nitrogen and oxygen atoms in total. The Morgan fingerprint density at radius 1 is 1.38 bits per heavy atom. The lowest BCUT2D eigenvalue weighted by Gasteiger charge is -2.25. The van der Waals surface area contributed by atoms with Gasteiger partial charge in [0.05, 0.1) is 12.6 Å². The van der Waals surface area contributed by atoms with Gasteiger partial charge in [0.25, 0.3) is 0 Å². The Morgan fingerprint density at radius 2 is 2.19 bits per heavy atom. The van der Waals surface area contributed by atoms with Crippen LogP contribution in [0.15, 0.2) is 29.2 Å². The van der Waals surface area contributed by atoms with Crippen LogP contribution in [0.5, 0.6) is 0 Å². The second kappa shape index (κ2) is 5.57. The van der Waals surface area contributed by atoms with Gasteiger partial charge in [-0.05, 0) is 11.6 Å². The van der Waals surface area contributed by atoms with Gasteiger partial charge in [-0.1, -0.05) is 18.2 Å². The molecule has 2 unspecified atom stereocenters. The van der Waals surface area contributed by atoms with Crippen molar-refractivity contribution in [3.8, 4) is 0 Å². The summed E-state index contributed by atoms with van der Waals surface area (Å²) in [5.41, 5.74) is -0.236. The van der Waals surface area contributed by atoms with E-state index in [0.29, 0.717) is 6.61 Å². The number of thioether (sulfide) groups is 1. The summed E-state index contributed by atoms with van der Waals surface area (Å²) in [6.07, 6.45) is 0.283. The summed E-state index contributed by atoms with van der Waals surface area (Å²) >= 11 is 1.68. The number of hydrogen-bond donors (Lipinski definition) is 3. The van der Waals surface area contributed by atoms with Gasteiger partial charge in [0, 0.05) is 23.7 Å². The quantitative estimate of drug-likeness (QED) is 0.785. The molecule has 0 saturated carbocycles. The number of carboxylic acids is 1. The molecule has 2 amide bonds. The monoisotopic (exact) mass is 308 g/mol. The summed E-state index contributed by atoms with van der Waals surface area (Å²) in [6.45, 7) is 0.348. The van der Waals surface area contributed by atoms with Gasteiger partial charge in [-0.25, -0.2) is 9.59 Å². The molecule has 112 valence electrons. The van der Waals surface area contributed by atoms with Gasteiger partial charge in [-0.3, -0.25) is 0 Å². The molecule has 0 bridgehead atoms. The third-order valence-electron chi connectivity index (χ3n) is 3.79. The summed E-state index contributed by atoms with van der Waals surface area (Å²) < 4.78 is 5.12. The molecular formula is C14H16N2O4S. The van der Waals surface area contributed by atoms with E-state index >= 15 is 0 Å². The molecule has 1 fully saturated rings.